The van der Waals surface area contributed by atoms with Gasteiger partial charge in [0.15, 0.2) is 0 Å². The maximum atomic E-state index is 9.90. The summed E-state index contributed by atoms with van der Waals surface area (Å²) in [6.45, 7) is 15.4. The topological polar surface area (TPSA) is 30.0 Å². The number of hydrogen-bond donors (Lipinski definition) is 0. The van der Waals surface area contributed by atoms with E-state index < -0.39 is 8.40 Å². The zero-order valence-electron chi connectivity index (χ0n) is 14.3. The molecule has 0 bridgehead atoms. The van der Waals surface area contributed by atoms with Crippen molar-refractivity contribution in [3.05, 3.63) is 35.9 Å². The molecule has 1 aromatic carbocycles. The minimum absolute atomic E-state index is 0.0396. The van der Waals surface area contributed by atoms with Crippen molar-refractivity contribution in [3.8, 4) is 5.69 Å². The van der Waals surface area contributed by atoms with Gasteiger partial charge in [-0.3, -0.25) is 0 Å². The van der Waals surface area contributed by atoms with E-state index in [9.17, 15) is 5.26 Å². The summed E-state index contributed by atoms with van der Waals surface area (Å²) in [4.78, 5) is 0. The van der Waals surface area contributed by atoms with Gasteiger partial charge < -0.3 is 0 Å². The van der Waals surface area contributed by atoms with Crippen LogP contribution in [0, 0.1) is 11.0 Å². The Morgan fingerprint density at radius 1 is 1.05 bits per heavy atom. The molecule has 0 fully saturated rings. The average molecular weight is 302 g/mol. The quantitative estimate of drug-likeness (QED) is 0.746. The predicted octanol–water partition coefficient (Wildman–Crippen LogP) is 3.23. The van der Waals surface area contributed by atoms with Crippen LogP contribution in [-0.2, 0) is 0 Å². The predicted molar refractivity (Wildman–Crippen MR) is 90.8 cm³/mol. The number of benzene rings is 1. The SMILES string of the molecule is CC(C)(C)N1C(c2ccccc2)=[N+](C(C)(C)C)[SiH-]1(C)C#N. The summed E-state index contributed by atoms with van der Waals surface area (Å²) >= 11 is 0. The molecule has 1 heterocycles. The van der Waals surface area contributed by atoms with Crippen molar-refractivity contribution < 1.29 is 4.24 Å². The molecule has 0 aromatic heterocycles. The summed E-state index contributed by atoms with van der Waals surface area (Å²) in [6.07, 6.45) is 0. The summed E-state index contributed by atoms with van der Waals surface area (Å²) < 4.78 is 4.81. The molecule has 1 aliphatic rings. The first-order chi connectivity index (χ1) is 9.53. The van der Waals surface area contributed by atoms with E-state index in [1.54, 1.807) is 0 Å². The van der Waals surface area contributed by atoms with Crippen LogP contribution in [0.1, 0.15) is 47.1 Å². The second-order valence-electron chi connectivity index (χ2n) is 8.08. The van der Waals surface area contributed by atoms with Gasteiger partial charge in [-0.05, 0) is 0 Å². The Morgan fingerprint density at radius 2 is 1.57 bits per heavy atom. The number of nitriles is 1. The molecule has 21 heavy (non-hydrogen) atoms. The Labute approximate surface area is 129 Å². The molecule has 4 heteroatoms. The molecule has 114 valence electrons. The normalized spacial score (nSPS) is 19.8. The molecule has 0 saturated carbocycles. The van der Waals surface area contributed by atoms with Crippen molar-refractivity contribution in [1.82, 2.24) is 4.57 Å². The molecular weight excluding hydrogens is 274 g/mol. The van der Waals surface area contributed by atoms with Gasteiger partial charge in [-0.1, -0.05) is 0 Å². The van der Waals surface area contributed by atoms with Crippen LogP contribution >= 0.6 is 0 Å². The Morgan fingerprint density at radius 3 is 1.95 bits per heavy atom. The third-order valence-electron chi connectivity index (χ3n) is 4.18. The molecule has 3 nitrogen and oxygen atoms in total. The summed E-state index contributed by atoms with van der Waals surface area (Å²) in [6, 6.07) is 10.5. The van der Waals surface area contributed by atoms with E-state index in [0.29, 0.717) is 0 Å². The van der Waals surface area contributed by atoms with Crippen LogP contribution in [0.25, 0.3) is 0 Å². The summed E-state index contributed by atoms with van der Waals surface area (Å²) in [7, 11) is -2.65. The maximum absolute atomic E-state index is 9.90. The van der Waals surface area contributed by atoms with Gasteiger partial charge in [0.2, 0.25) is 0 Å². The molecule has 0 amide bonds. The van der Waals surface area contributed by atoms with E-state index in [2.05, 4.69) is 86.9 Å². The summed E-state index contributed by atoms with van der Waals surface area (Å²) in [5, 5.41) is 9.90. The molecule has 0 spiro atoms. The van der Waals surface area contributed by atoms with E-state index in [1.165, 1.54) is 11.4 Å². The van der Waals surface area contributed by atoms with Crippen LogP contribution in [0.4, 0.5) is 0 Å². The van der Waals surface area contributed by atoms with E-state index in [0.717, 1.165) is 0 Å². The van der Waals surface area contributed by atoms with Gasteiger partial charge in [0.05, 0.1) is 0 Å². The molecule has 2 rings (SSSR count). The molecule has 0 radical (unpaired) electrons. The minimum atomic E-state index is -2.65. The molecular formula is C17H27N3Si. The van der Waals surface area contributed by atoms with Crippen LogP contribution in [-0.4, -0.2) is 34.1 Å². The second-order valence-corrected chi connectivity index (χ2v) is 11.7. The van der Waals surface area contributed by atoms with Crippen molar-refractivity contribution in [1.29, 1.82) is 5.26 Å². The van der Waals surface area contributed by atoms with Crippen molar-refractivity contribution in [2.75, 3.05) is 0 Å². The van der Waals surface area contributed by atoms with Gasteiger partial charge in [-0.2, -0.15) is 0 Å². The van der Waals surface area contributed by atoms with Crippen LogP contribution in [0.5, 0.6) is 0 Å². The Balaban J connectivity index is 2.75. The standard InChI is InChI=1S/C17H27N3Si/c1-16(2,3)19-15(14-11-9-8-10-12-14)20(17(4,5)6)21(19,7)13-18/h8-12,21H,1-7H3. The Kier molecular flexibility index (Phi) is 3.54. The van der Waals surface area contributed by atoms with E-state index >= 15 is 0 Å². The fourth-order valence-electron chi connectivity index (χ4n) is 3.78. The van der Waals surface area contributed by atoms with E-state index in [1.807, 2.05) is 6.07 Å². The Bertz CT molecular complexity index is 614. The fourth-order valence-corrected chi connectivity index (χ4v) is 8.58. The number of hydrogen-bond acceptors (Lipinski definition) is 2. The third-order valence-corrected chi connectivity index (χ3v) is 8.72. The first-order valence-corrected chi connectivity index (χ1v) is 10.4. The van der Waals surface area contributed by atoms with Crippen LogP contribution in [0.3, 0.4) is 0 Å². The number of amidine groups is 1. The second kappa shape index (κ2) is 4.71. The molecule has 0 atom stereocenters. The monoisotopic (exact) mass is 301 g/mol. The van der Waals surface area contributed by atoms with Crippen molar-refractivity contribution >= 4 is 14.2 Å². The van der Waals surface area contributed by atoms with E-state index in [4.69, 9.17) is 0 Å². The van der Waals surface area contributed by atoms with Crippen molar-refractivity contribution in [2.24, 2.45) is 0 Å². The summed E-state index contributed by atoms with van der Waals surface area (Å²) in [5.41, 5.74) is 3.81. The van der Waals surface area contributed by atoms with Gasteiger partial charge in [0, 0.05) is 0 Å². The van der Waals surface area contributed by atoms with Gasteiger partial charge in [-0.15, -0.1) is 0 Å². The van der Waals surface area contributed by atoms with Crippen LogP contribution in [0.2, 0.25) is 6.55 Å². The van der Waals surface area contributed by atoms with Gasteiger partial charge in [0.25, 0.3) is 0 Å². The number of nitrogens with zero attached hydrogens (tertiary/aromatic N) is 3. The van der Waals surface area contributed by atoms with Crippen LogP contribution < -0.4 is 0 Å². The first kappa shape index (κ1) is 15.8. The Hall–Kier alpha value is -1.60. The number of rotatable bonds is 1. The zero-order chi connectivity index (χ0) is 16.1. The molecule has 1 aromatic rings. The van der Waals surface area contributed by atoms with E-state index in [-0.39, 0.29) is 11.1 Å². The molecule has 0 unspecified atom stereocenters. The first-order valence-electron chi connectivity index (χ1n) is 7.66. The molecule has 1 aliphatic heterocycles. The summed E-state index contributed by atoms with van der Waals surface area (Å²) in [5.74, 6) is 1.21. The molecule has 0 saturated heterocycles. The third kappa shape index (κ3) is 2.40. The van der Waals surface area contributed by atoms with Gasteiger partial charge in [0.1, 0.15) is 0 Å². The zero-order valence-corrected chi connectivity index (χ0v) is 15.5. The van der Waals surface area contributed by atoms with Gasteiger partial charge >= 0.3 is 129 Å². The fraction of sp³-hybridized carbons (Fsp3) is 0.529. The van der Waals surface area contributed by atoms with Gasteiger partial charge in [-0.25, -0.2) is 0 Å². The molecule has 0 aliphatic carbocycles. The van der Waals surface area contributed by atoms with Crippen molar-refractivity contribution in [3.63, 3.8) is 0 Å². The average Bonchev–Trinajstić information content (AvgIpc) is 2.32. The van der Waals surface area contributed by atoms with Crippen molar-refractivity contribution in [2.45, 2.75) is 59.2 Å². The van der Waals surface area contributed by atoms with Crippen LogP contribution in [0.15, 0.2) is 30.3 Å². The molecule has 0 N–H and O–H groups in total.